The number of phenols is 2. The third-order valence-corrected chi connectivity index (χ3v) is 7.32. The van der Waals surface area contributed by atoms with Crippen molar-refractivity contribution in [1.29, 1.82) is 0 Å². The summed E-state index contributed by atoms with van der Waals surface area (Å²) in [5.74, 6) is 1.00. The van der Waals surface area contributed by atoms with Gasteiger partial charge in [-0.2, -0.15) is 0 Å². The lowest BCUT2D eigenvalue weighted by atomic mass is 9.68. The van der Waals surface area contributed by atoms with E-state index >= 15 is 0 Å². The average molecular weight is 503 g/mol. The lowest BCUT2D eigenvalue weighted by molar-refractivity contribution is 0.278. The van der Waals surface area contributed by atoms with Crippen molar-refractivity contribution >= 4 is 0 Å². The summed E-state index contributed by atoms with van der Waals surface area (Å²) in [6.07, 6.45) is 0. The maximum atomic E-state index is 10.8. The SMILES string of the molecule is COc1cccc(CO)c1C(C)(c1ccc(O)c(-c2ccccc2)c1)c1ccc(O)c(-c2ccccc2)c1. The van der Waals surface area contributed by atoms with Crippen molar-refractivity contribution < 1.29 is 20.1 Å². The van der Waals surface area contributed by atoms with Gasteiger partial charge < -0.3 is 20.1 Å². The van der Waals surface area contributed by atoms with E-state index in [9.17, 15) is 15.3 Å². The van der Waals surface area contributed by atoms with Crippen LogP contribution in [0, 0.1) is 0 Å². The molecule has 0 amide bonds. The monoisotopic (exact) mass is 502 g/mol. The number of benzene rings is 5. The fraction of sp³-hybridized carbons (Fsp3) is 0.118. The molecule has 0 saturated carbocycles. The topological polar surface area (TPSA) is 69.9 Å². The molecule has 0 unspecified atom stereocenters. The molecular formula is C34H30O4. The van der Waals surface area contributed by atoms with Crippen LogP contribution in [-0.2, 0) is 12.0 Å². The molecule has 5 rings (SSSR count). The van der Waals surface area contributed by atoms with Crippen LogP contribution in [0.2, 0.25) is 0 Å². The van der Waals surface area contributed by atoms with Gasteiger partial charge in [0.05, 0.1) is 13.7 Å². The summed E-state index contributed by atoms with van der Waals surface area (Å²) in [5, 5.41) is 32.1. The number of ether oxygens (including phenoxy) is 1. The number of rotatable bonds is 7. The Morgan fingerprint density at radius 2 is 1.13 bits per heavy atom. The summed E-state index contributed by atoms with van der Waals surface area (Å²) in [7, 11) is 1.62. The molecule has 0 aromatic heterocycles. The Kier molecular flexibility index (Phi) is 6.91. The molecule has 190 valence electrons. The quantitative estimate of drug-likeness (QED) is 0.204. The molecule has 0 aliphatic heterocycles. The summed E-state index contributed by atoms with van der Waals surface area (Å²) in [6.45, 7) is 1.92. The summed E-state index contributed by atoms with van der Waals surface area (Å²) in [6, 6.07) is 36.4. The van der Waals surface area contributed by atoms with E-state index in [1.807, 2.05) is 103 Å². The van der Waals surface area contributed by atoms with Crippen molar-refractivity contribution in [2.75, 3.05) is 7.11 Å². The van der Waals surface area contributed by atoms with Gasteiger partial charge in [0.1, 0.15) is 17.2 Å². The number of aliphatic hydroxyl groups is 1. The molecule has 0 saturated heterocycles. The fourth-order valence-electron chi connectivity index (χ4n) is 5.29. The van der Waals surface area contributed by atoms with Gasteiger partial charge in [-0.25, -0.2) is 0 Å². The van der Waals surface area contributed by atoms with Crippen molar-refractivity contribution in [3.63, 3.8) is 0 Å². The van der Waals surface area contributed by atoms with Crippen molar-refractivity contribution in [2.45, 2.75) is 18.9 Å². The van der Waals surface area contributed by atoms with Crippen LogP contribution in [0.5, 0.6) is 17.2 Å². The van der Waals surface area contributed by atoms with Crippen LogP contribution in [0.3, 0.4) is 0 Å². The van der Waals surface area contributed by atoms with E-state index in [1.165, 1.54) is 0 Å². The van der Waals surface area contributed by atoms with Crippen LogP contribution in [0.15, 0.2) is 115 Å². The highest BCUT2D eigenvalue weighted by Crippen LogP contribution is 2.48. The number of aromatic hydroxyl groups is 2. The van der Waals surface area contributed by atoms with Crippen LogP contribution in [0.1, 0.15) is 29.2 Å². The van der Waals surface area contributed by atoms with E-state index in [4.69, 9.17) is 4.74 Å². The highest BCUT2D eigenvalue weighted by Gasteiger charge is 2.37. The first-order valence-corrected chi connectivity index (χ1v) is 12.5. The molecule has 0 spiro atoms. The van der Waals surface area contributed by atoms with Crippen molar-refractivity contribution in [3.8, 4) is 39.5 Å². The second-order valence-electron chi connectivity index (χ2n) is 9.47. The van der Waals surface area contributed by atoms with Gasteiger partial charge >= 0.3 is 0 Å². The summed E-state index contributed by atoms with van der Waals surface area (Å²) in [5.41, 5.74) is 5.73. The number of methoxy groups -OCH3 is 1. The number of hydrogen-bond acceptors (Lipinski definition) is 4. The number of phenolic OH excluding ortho intramolecular Hbond substituents is 2. The average Bonchev–Trinajstić information content (AvgIpc) is 2.97. The predicted octanol–water partition coefficient (Wildman–Crippen LogP) is 7.29. The molecule has 0 heterocycles. The van der Waals surface area contributed by atoms with E-state index in [0.29, 0.717) is 16.9 Å². The van der Waals surface area contributed by atoms with Gasteiger partial charge in [-0.15, -0.1) is 0 Å². The van der Waals surface area contributed by atoms with Crippen molar-refractivity contribution in [2.24, 2.45) is 0 Å². The first-order chi connectivity index (χ1) is 18.5. The molecule has 5 aromatic carbocycles. The van der Waals surface area contributed by atoms with E-state index in [-0.39, 0.29) is 18.1 Å². The minimum absolute atomic E-state index is 0.171. The van der Waals surface area contributed by atoms with Crippen LogP contribution < -0.4 is 4.74 Å². The Bertz CT molecular complexity index is 1450. The van der Waals surface area contributed by atoms with Crippen LogP contribution in [-0.4, -0.2) is 22.4 Å². The third kappa shape index (κ3) is 4.40. The minimum atomic E-state index is -0.820. The standard InChI is InChI=1S/C34H30O4/c1-34(33-25(22-35)14-9-15-32(33)38-2,26-16-18-30(36)28(20-26)23-10-5-3-6-11-23)27-17-19-31(37)29(21-27)24-12-7-4-8-13-24/h3-21,35-37H,22H2,1-2H3. The zero-order valence-electron chi connectivity index (χ0n) is 21.4. The minimum Gasteiger partial charge on any atom is -0.507 e. The molecule has 0 bridgehead atoms. The van der Waals surface area contributed by atoms with E-state index in [1.54, 1.807) is 19.2 Å². The molecule has 38 heavy (non-hydrogen) atoms. The Morgan fingerprint density at radius 3 is 1.58 bits per heavy atom. The predicted molar refractivity (Wildman–Crippen MR) is 152 cm³/mol. The normalized spacial score (nSPS) is 11.3. The first kappa shape index (κ1) is 25.1. The van der Waals surface area contributed by atoms with Gasteiger partial charge in [-0.05, 0) is 65.1 Å². The maximum Gasteiger partial charge on any atom is 0.123 e. The summed E-state index contributed by atoms with van der Waals surface area (Å²) in [4.78, 5) is 0. The van der Waals surface area contributed by atoms with Crippen molar-refractivity contribution in [1.82, 2.24) is 0 Å². The zero-order chi connectivity index (χ0) is 26.7. The second kappa shape index (κ2) is 10.4. The fourth-order valence-corrected chi connectivity index (χ4v) is 5.29. The van der Waals surface area contributed by atoms with Crippen LogP contribution in [0.4, 0.5) is 0 Å². The van der Waals surface area contributed by atoms with Gasteiger partial charge in [-0.1, -0.05) is 84.9 Å². The summed E-state index contributed by atoms with van der Waals surface area (Å²) >= 11 is 0. The van der Waals surface area contributed by atoms with Gasteiger partial charge in [0.2, 0.25) is 0 Å². The number of hydrogen-bond donors (Lipinski definition) is 3. The van der Waals surface area contributed by atoms with E-state index < -0.39 is 5.41 Å². The van der Waals surface area contributed by atoms with E-state index in [2.05, 4.69) is 6.92 Å². The lowest BCUT2D eigenvalue weighted by Crippen LogP contribution is -2.28. The Labute approximate surface area is 223 Å². The molecule has 0 atom stereocenters. The molecule has 5 aromatic rings. The molecule has 4 nitrogen and oxygen atoms in total. The molecular weight excluding hydrogens is 472 g/mol. The molecule has 0 aliphatic carbocycles. The van der Waals surface area contributed by atoms with Gasteiger partial charge in [0, 0.05) is 22.1 Å². The van der Waals surface area contributed by atoms with Gasteiger partial charge in [0.25, 0.3) is 0 Å². The van der Waals surface area contributed by atoms with Gasteiger partial charge in [-0.3, -0.25) is 0 Å². The molecule has 4 heteroatoms. The largest absolute Gasteiger partial charge is 0.507 e. The highest BCUT2D eigenvalue weighted by molar-refractivity contribution is 5.75. The van der Waals surface area contributed by atoms with Crippen LogP contribution in [0.25, 0.3) is 22.3 Å². The molecule has 0 fully saturated rings. The Morgan fingerprint density at radius 1 is 0.632 bits per heavy atom. The number of aliphatic hydroxyl groups excluding tert-OH is 1. The highest BCUT2D eigenvalue weighted by atomic mass is 16.5. The third-order valence-electron chi connectivity index (χ3n) is 7.32. The van der Waals surface area contributed by atoms with Crippen LogP contribution >= 0.6 is 0 Å². The molecule has 3 N–H and O–H groups in total. The first-order valence-electron chi connectivity index (χ1n) is 12.5. The smallest absolute Gasteiger partial charge is 0.123 e. The lowest BCUT2D eigenvalue weighted by Gasteiger charge is -2.35. The van der Waals surface area contributed by atoms with E-state index in [0.717, 1.165) is 33.4 Å². The summed E-state index contributed by atoms with van der Waals surface area (Å²) < 4.78 is 5.84. The zero-order valence-corrected chi connectivity index (χ0v) is 21.4. The molecule has 0 radical (unpaired) electrons. The Balaban J connectivity index is 1.83. The van der Waals surface area contributed by atoms with Gasteiger partial charge in [0.15, 0.2) is 0 Å². The molecule has 0 aliphatic rings. The van der Waals surface area contributed by atoms with Crippen molar-refractivity contribution in [3.05, 3.63) is 138 Å². The second-order valence-corrected chi connectivity index (χ2v) is 9.47. The Hall–Kier alpha value is -4.54. The maximum absolute atomic E-state index is 10.8.